The Morgan fingerprint density at radius 1 is 1.21 bits per heavy atom. The first-order valence-electron chi connectivity index (χ1n) is 7.79. The zero-order valence-electron chi connectivity index (χ0n) is 13.2. The topological polar surface area (TPSA) is 48.4 Å². The maximum atomic E-state index is 14.2. The highest BCUT2D eigenvalue weighted by atomic mass is 19.1. The fourth-order valence-corrected chi connectivity index (χ4v) is 2.89. The van der Waals surface area contributed by atoms with Crippen molar-refractivity contribution in [3.05, 3.63) is 47.7 Å². The van der Waals surface area contributed by atoms with Crippen molar-refractivity contribution >= 4 is 5.97 Å². The van der Waals surface area contributed by atoms with Gasteiger partial charge in [-0.15, -0.1) is 0 Å². The quantitative estimate of drug-likeness (QED) is 0.789. The number of carbonyl (C=O) groups excluding carboxylic acids is 1. The summed E-state index contributed by atoms with van der Waals surface area (Å²) < 4.78 is 38.6. The first-order chi connectivity index (χ1) is 11.6. The van der Waals surface area contributed by atoms with Crippen LogP contribution in [0.5, 0.6) is 5.88 Å². The van der Waals surface area contributed by atoms with Crippen molar-refractivity contribution in [2.45, 2.75) is 31.8 Å². The van der Waals surface area contributed by atoms with Crippen LogP contribution in [0.1, 0.15) is 36.0 Å². The number of hydrogen-bond acceptors (Lipinski definition) is 4. The molecule has 1 saturated carbocycles. The summed E-state index contributed by atoms with van der Waals surface area (Å²) in [6, 6.07) is 5.53. The summed E-state index contributed by atoms with van der Waals surface area (Å²) in [6.45, 7) is 0. The molecule has 2 aromatic rings. The SMILES string of the molecule is COC(=O)c1c(F)cc(-c2cccnc2OC2CCCC2)cc1F. The summed E-state index contributed by atoms with van der Waals surface area (Å²) >= 11 is 0. The molecule has 1 heterocycles. The number of rotatable bonds is 4. The first kappa shape index (κ1) is 16.4. The van der Waals surface area contributed by atoms with Crippen LogP contribution in [0.15, 0.2) is 30.5 Å². The molecule has 0 saturated heterocycles. The maximum absolute atomic E-state index is 14.2. The summed E-state index contributed by atoms with van der Waals surface area (Å²) in [5.74, 6) is -2.67. The van der Waals surface area contributed by atoms with Gasteiger partial charge in [0, 0.05) is 11.8 Å². The summed E-state index contributed by atoms with van der Waals surface area (Å²) in [5.41, 5.74) is 0.0424. The predicted octanol–water partition coefficient (Wildman–Crippen LogP) is 4.13. The molecule has 24 heavy (non-hydrogen) atoms. The van der Waals surface area contributed by atoms with Gasteiger partial charge >= 0.3 is 5.97 Å². The van der Waals surface area contributed by atoms with Gasteiger partial charge in [-0.3, -0.25) is 0 Å². The number of benzene rings is 1. The van der Waals surface area contributed by atoms with Crippen LogP contribution < -0.4 is 4.74 Å². The van der Waals surface area contributed by atoms with Crippen LogP contribution in [0.2, 0.25) is 0 Å². The van der Waals surface area contributed by atoms with E-state index in [1.165, 1.54) is 0 Å². The minimum atomic E-state index is -1.05. The molecule has 1 fully saturated rings. The lowest BCUT2D eigenvalue weighted by molar-refractivity contribution is 0.0590. The zero-order valence-corrected chi connectivity index (χ0v) is 13.2. The summed E-state index contributed by atoms with van der Waals surface area (Å²) in [4.78, 5) is 15.7. The predicted molar refractivity (Wildman–Crippen MR) is 83.8 cm³/mol. The van der Waals surface area contributed by atoms with E-state index in [0.29, 0.717) is 11.4 Å². The molecule has 0 bridgehead atoms. The number of pyridine rings is 1. The molecule has 0 unspecified atom stereocenters. The Morgan fingerprint density at radius 3 is 2.50 bits per heavy atom. The molecule has 0 atom stereocenters. The van der Waals surface area contributed by atoms with Crippen LogP contribution in [0.25, 0.3) is 11.1 Å². The Labute approximate surface area is 138 Å². The Hall–Kier alpha value is -2.50. The zero-order chi connectivity index (χ0) is 17.1. The lowest BCUT2D eigenvalue weighted by Gasteiger charge is -2.15. The summed E-state index contributed by atoms with van der Waals surface area (Å²) in [7, 11) is 1.07. The van der Waals surface area contributed by atoms with Crippen LogP contribution in [-0.4, -0.2) is 24.2 Å². The van der Waals surface area contributed by atoms with Crippen molar-refractivity contribution in [1.29, 1.82) is 0 Å². The van der Waals surface area contributed by atoms with Crippen molar-refractivity contribution in [3.63, 3.8) is 0 Å². The van der Waals surface area contributed by atoms with Crippen molar-refractivity contribution in [2.24, 2.45) is 0 Å². The number of aromatic nitrogens is 1. The van der Waals surface area contributed by atoms with Gasteiger partial charge in [-0.1, -0.05) is 0 Å². The van der Waals surface area contributed by atoms with Gasteiger partial charge in [0.1, 0.15) is 23.3 Å². The van der Waals surface area contributed by atoms with E-state index in [1.807, 2.05) is 0 Å². The van der Waals surface area contributed by atoms with Gasteiger partial charge in [0.2, 0.25) is 5.88 Å². The number of hydrogen-bond donors (Lipinski definition) is 0. The Balaban J connectivity index is 1.98. The second kappa shape index (κ2) is 6.95. The number of nitrogens with zero attached hydrogens (tertiary/aromatic N) is 1. The van der Waals surface area contributed by atoms with E-state index in [0.717, 1.165) is 44.9 Å². The second-order valence-corrected chi connectivity index (χ2v) is 5.69. The van der Waals surface area contributed by atoms with E-state index in [9.17, 15) is 13.6 Å². The Morgan fingerprint density at radius 2 is 1.88 bits per heavy atom. The van der Waals surface area contributed by atoms with Crippen LogP contribution >= 0.6 is 0 Å². The molecule has 0 aliphatic heterocycles. The molecule has 3 rings (SSSR count). The summed E-state index contributed by atoms with van der Waals surface area (Å²) in [6.07, 6.45) is 5.74. The molecule has 1 aliphatic carbocycles. The monoisotopic (exact) mass is 333 g/mol. The van der Waals surface area contributed by atoms with Crippen LogP contribution in [0.4, 0.5) is 8.78 Å². The standard InChI is InChI=1S/C18H17F2NO3/c1-23-18(22)16-14(19)9-11(10-15(16)20)13-7-4-8-21-17(13)24-12-5-2-3-6-12/h4,7-10,12H,2-3,5-6H2,1H3. The van der Waals surface area contributed by atoms with Crippen LogP contribution in [0.3, 0.4) is 0 Å². The smallest absolute Gasteiger partial charge is 0.343 e. The molecule has 0 N–H and O–H groups in total. The third-order valence-corrected chi connectivity index (χ3v) is 4.09. The number of methoxy groups -OCH3 is 1. The Bertz CT molecular complexity index is 735. The molecule has 126 valence electrons. The third kappa shape index (κ3) is 3.22. The highest BCUT2D eigenvalue weighted by Crippen LogP contribution is 2.33. The average molecular weight is 333 g/mol. The Kier molecular flexibility index (Phi) is 4.74. The highest BCUT2D eigenvalue weighted by Gasteiger charge is 2.22. The molecule has 0 spiro atoms. The maximum Gasteiger partial charge on any atom is 0.343 e. The van der Waals surface area contributed by atoms with Crippen molar-refractivity contribution in [3.8, 4) is 17.0 Å². The van der Waals surface area contributed by atoms with Crippen molar-refractivity contribution < 1.29 is 23.0 Å². The third-order valence-electron chi connectivity index (χ3n) is 4.09. The fraction of sp³-hybridized carbons (Fsp3) is 0.333. The molecule has 6 heteroatoms. The minimum absolute atomic E-state index is 0.0719. The van der Waals surface area contributed by atoms with E-state index in [-0.39, 0.29) is 11.7 Å². The fourth-order valence-electron chi connectivity index (χ4n) is 2.89. The van der Waals surface area contributed by atoms with Crippen LogP contribution in [-0.2, 0) is 4.74 Å². The molecule has 0 amide bonds. The number of ether oxygens (including phenoxy) is 2. The van der Waals surface area contributed by atoms with Gasteiger partial charge in [-0.2, -0.15) is 0 Å². The van der Waals surface area contributed by atoms with Crippen LogP contribution in [0, 0.1) is 11.6 Å². The van der Waals surface area contributed by atoms with Gasteiger partial charge in [0.05, 0.1) is 7.11 Å². The molecule has 0 radical (unpaired) electrons. The van der Waals surface area contributed by atoms with E-state index in [2.05, 4.69) is 9.72 Å². The lowest BCUT2D eigenvalue weighted by Crippen LogP contribution is -2.12. The van der Waals surface area contributed by atoms with E-state index < -0.39 is 23.2 Å². The largest absolute Gasteiger partial charge is 0.474 e. The molecular formula is C18H17F2NO3. The van der Waals surface area contributed by atoms with Gasteiger partial charge in [-0.25, -0.2) is 18.6 Å². The number of esters is 1. The van der Waals surface area contributed by atoms with E-state index >= 15 is 0 Å². The highest BCUT2D eigenvalue weighted by molar-refractivity contribution is 5.90. The minimum Gasteiger partial charge on any atom is -0.474 e. The van der Waals surface area contributed by atoms with Crippen molar-refractivity contribution in [1.82, 2.24) is 4.98 Å². The number of carbonyl (C=O) groups is 1. The first-order valence-corrected chi connectivity index (χ1v) is 7.79. The number of halogens is 2. The summed E-state index contributed by atoms with van der Waals surface area (Å²) in [5, 5.41) is 0. The average Bonchev–Trinajstić information content (AvgIpc) is 3.07. The molecule has 4 nitrogen and oxygen atoms in total. The van der Waals surface area contributed by atoms with Gasteiger partial charge in [0.25, 0.3) is 0 Å². The van der Waals surface area contributed by atoms with Gasteiger partial charge in [-0.05, 0) is 55.5 Å². The van der Waals surface area contributed by atoms with E-state index in [1.54, 1.807) is 18.3 Å². The molecule has 1 aromatic heterocycles. The lowest BCUT2D eigenvalue weighted by atomic mass is 10.0. The normalized spacial score (nSPS) is 14.6. The van der Waals surface area contributed by atoms with Crippen molar-refractivity contribution in [2.75, 3.05) is 7.11 Å². The molecule has 1 aliphatic rings. The molecular weight excluding hydrogens is 316 g/mol. The van der Waals surface area contributed by atoms with Gasteiger partial charge in [0.15, 0.2) is 0 Å². The second-order valence-electron chi connectivity index (χ2n) is 5.69. The van der Waals surface area contributed by atoms with E-state index in [4.69, 9.17) is 4.74 Å². The van der Waals surface area contributed by atoms with Gasteiger partial charge < -0.3 is 9.47 Å². The molecule has 1 aromatic carbocycles.